The topological polar surface area (TPSA) is 195 Å². The monoisotopic (exact) mass is 515 g/mol. The minimum Gasteiger partial charge on any atom is -0.479 e. The number of hydrogen-bond donors (Lipinski definition) is 3. The first-order valence-electron chi connectivity index (χ1n) is 10.8. The summed E-state index contributed by atoms with van der Waals surface area (Å²) < 4.78 is 6.58. The lowest BCUT2D eigenvalue weighted by Crippen LogP contribution is -2.50. The maximum atomic E-state index is 12.9. The van der Waals surface area contributed by atoms with Gasteiger partial charge in [-0.1, -0.05) is 12.1 Å². The molecule has 0 unspecified atom stereocenters. The van der Waals surface area contributed by atoms with E-state index in [0.29, 0.717) is 17.1 Å². The van der Waals surface area contributed by atoms with Gasteiger partial charge in [0, 0.05) is 23.9 Å². The Morgan fingerprint density at radius 3 is 2.64 bits per heavy atom. The number of hydrogen-bond acceptors (Lipinski definition) is 10. The molecule has 36 heavy (non-hydrogen) atoms. The number of nitrogens with zero attached hydrogens (tertiary/aromatic N) is 5. The molecule has 0 saturated carbocycles. The van der Waals surface area contributed by atoms with Crippen molar-refractivity contribution in [1.82, 2.24) is 30.6 Å². The van der Waals surface area contributed by atoms with E-state index in [9.17, 15) is 29.6 Å². The van der Waals surface area contributed by atoms with Crippen LogP contribution >= 0.6 is 11.3 Å². The second-order valence-corrected chi connectivity index (χ2v) is 8.66. The van der Waals surface area contributed by atoms with Gasteiger partial charge in [0.25, 0.3) is 11.6 Å². The van der Waals surface area contributed by atoms with Gasteiger partial charge in [-0.05, 0) is 18.6 Å². The minimum absolute atomic E-state index is 0.0107. The van der Waals surface area contributed by atoms with E-state index in [4.69, 9.17) is 4.74 Å². The zero-order chi connectivity index (χ0) is 25.9. The van der Waals surface area contributed by atoms with Crippen LogP contribution in [0, 0.1) is 10.1 Å². The van der Waals surface area contributed by atoms with Crippen LogP contribution in [0.1, 0.15) is 24.7 Å². The van der Waals surface area contributed by atoms with Gasteiger partial charge in [0.1, 0.15) is 11.7 Å². The summed E-state index contributed by atoms with van der Waals surface area (Å²) in [6, 6.07) is 4.68. The zero-order valence-corrected chi connectivity index (χ0v) is 19.7. The third-order valence-electron chi connectivity index (χ3n) is 5.66. The number of ether oxygens (including phenoxy) is 1. The molecule has 2 aromatic heterocycles. The molecule has 0 radical (unpaired) electrons. The van der Waals surface area contributed by atoms with Crippen molar-refractivity contribution >= 4 is 34.8 Å². The van der Waals surface area contributed by atoms with Crippen LogP contribution < -0.4 is 10.6 Å². The van der Waals surface area contributed by atoms with Gasteiger partial charge in [-0.2, -0.15) is 0 Å². The molecule has 0 aliphatic carbocycles. The van der Waals surface area contributed by atoms with Crippen molar-refractivity contribution in [3.8, 4) is 5.69 Å². The lowest BCUT2D eigenvalue weighted by atomic mass is 10.0. The molecule has 1 saturated heterocycles. The summed E-state index contributed by atoms with van der Waals surface area (Å²) in [6.07, 6.45) is 0.562. The summed E-state index contributed by atoms with van der Waals surface area (Å²) in [7, 11) is 0. The van der Waals surface area contributed by atoms with Crippen molar-refractivity contribution in [1.29, 1.82) is 0 Å². The average molecular weight is 516 g/mol. The van der Waals surface area contributed by atoms with Crippen LogP contribution in [0.25, 0.3) is 5.69 Å². The highest BCUT2D eigenvalue weighted by Crippen LogP contribution is 2.40. The molecule has 3 N–H and O–H groups in total. The highest BCUT2D eigenvalue weighted by Gasteiger charge is 2.65. The number of aromatic nitrogens is 4. The van der Waals surface area contributed by atoms with Crippen molar-refractivity contribution < 1.29 is 29.2 Å². The number of carbonyl (C=O) groups excluding carboxylic acids is 2. The molecule has 1 aliphatic rings. The fourth-order valence-electron chi connectivity index (χ4n) is 3.56. The van der Waals surface area contributed by atoms with Crippen molar-refractivity contribution in [2.75, 3.05) is 0 Å². The number of amides is 2. The predicted molar refractivity (Wildman–Crippen MR) is 123 cm³/mol. The Hall–Kier alpha value is -4.24. The van der Waals surface area contributed by atoms with Crippen LogP contribution in [0.2, 0.25) is 0 Å². The summed E-state index contributed by atoms with van der Waals surface area (Å²) in [4.78, 5) is 51.5. The average Bonchev–Trinajstić information content (AvgIpc) is 3.16. The molecular weight excluding hydrogens is 494 g/mol. The number of benzene rings is 1. The number of thiazole rings is 1. The quantitative estimate of drug-likeness (QED) is 0.185. The molecule has 0 spiro atoms. The van der Waals surface area contributed by atoms with E-state index in [-0.39, 0.29) is 25.1 Å². The SMILES string of the molecule is CC[C@]1(C(=O)O)O[C@@H]1C(=O)N[C@@H](Cc1cscn1)C(=O)NCc1cn(-c2ccc([N+](=O)[O-])cc2)nn1. The lowest BCUT2D eigenvalue weighted by Gasteiger charge is -2.17. The summed E-state index contributed by atoms with van der Waals surface area (Å²) in [6.45, 7) is 1.59. The molecule has 14 nitrogen and oxygen atoms in total. The number of epoxide rings is 1. The number of carboxylic acid groups (broad SMARTS) is 1. The van der Waals surface area contributed by atoms with E-state index in [1.54, 1.807) is 24.0 Å². The molecule has 188 valence electrons. The minimum atomic E-state index is -1.58. The number of rotatable bonds is 11. The van der Waals surface area contributed by atoms with Gasteiger partial charge >= 0.3 is 5.97 Å². The highest BCUT2D eigenvalue weighted by molar-refractivity contribution is 7.07. The Balaban J connectivity index is 1.40. The molecule has 0 bridgehead atoms. The largest absolute Gasteiger partial charge is 0.479 e. The van der Waals surface area contributed by atoms with Crippen molar-refractivity contribution in [2.24, 2.45) is 0 Å². The fourth-order valence-corrected chi connectivity index (χ4v) is 4.13. The zero-order valence-electron chi connectivity index (χ0n) is 18.9. The van der Waals surface area contributed by atoms with E-state index < -0.39 is 40.5 Å². The molecule has 3 heterocycles. The Labute approximate surface area is 207 Å². The molecular formula is C21H21N7O7S. The third-order valence-corrected chi connectivity index (χ3v) is 6.29. The predicted octanol–water partition coefficient (Wildman–Crippen LogP) is 0.608. The third kappa shape index (κ3) is 5.21. The van der Waals surface area contributed by atoms with Crippen molar-refractivity contribution in [3.05, 3.63) is 62.9 Å². The van der Waals surface area contributed by atoms with Crippen LogP contribution in [0.5, 0.6) is 0 Å². The van der Waals surface area contributed by atoms with Crippen LogP contribution in [-0.4, -0.2) is 65.5 Å². The standard InChI is InChI=1S/C21H21N7O7S/c1-2-21(20(31)32)17(35-21)19(30)24-16(7-12-10-36-11-23-12)18(29)22-8-13-9-27(26-25-13)14-3-5-15(6-4-14)28(33)34/h3-6,9-11,16-17H,2,7-8H2,1H3,(H,22,29)(H,24,30)(H,31,32)/t16-,17+,21-/m0/s1. The Morgan fingerprint density at radius 2 is 2.06 bits per heavy atom. The van der Waals surface area contributed by atoms with Crippen LogP contribution in [0.4, 0.5) is 5.69 Å². The van der Waals surface area contributed by atoms with E-state index in [2.05, 4.69) is 25.9 Å². The number of nitrogens with one attached hydrogen (secondary N) is 2. The Morgan fingerprint density at radius 1 is 1.31 bits per heavy atom. The second kappa shape index (κ2) is 10.2. The molecule has 2 amide bonds. The molecule has 1 aromatic carbocycles. The van der Waals surface area contributed by atoms with Crippen LogP contribution in [0.3, 0.4) is 0 Å². The first-order chi connectivity index (χ1) is 17.2. The highest BCUT2D eigenvalue weighted by atomic mass is 32.1. The van der Waals surface area contributed by atoms with Gasteiger partial charge in [0.05, 0.1) is 34.6 Å². The summed E-state index contributed by atoms with van der Waals surface area (Å²) >= 11 is 1.34. The smallest absolute Gasteiger partial charge is 0.339 e. The van der Waals surface area contributed by atoms with Gasteiger partial charge in [0.2, 0.25) is 11.5 Å². The van der Waals surface area contributed by atoms with Crippen LogP contribution in [0.15, 0.2) is 41.4 Å². The van der Waals surface area contributed by atoms with Crippen molar-refractivity contribution in [3.63, 3.8) is 0 Å². The van der Waals surface area contributed by atoms with E-state index in [1.807, 2.05) is 0 Å². The summed E-state index contributed by atoms with van der Waals surface area (Å²) in [5, 5.41) is 35.1. The summed E-state index contributed by atoms with van der Waals surface area (Å²) in [5.74, 6) is -2.46. The van der Waals surface area contributed by atoms with Gasteiger partial charge in [-0.3, -0.25) is 19.7 Å². The first-order valence-corrected chi connectivity index (χ1v) is 11.7. The molecule has 3 atom stereocenters. The maximum absolute atomic E-state index is 12.9. The van der Waals surface area contributed by atoms with Crippen molar-refractivity contribution in [2.45, 2.75) is 44.1 Å². The van der Waals surface area contributed by atoms with Gasteiger partial charge in [-0.25, -0.2) is 14.5 Å². The first kappa shape index (κ1) is 24.9. The van der Waals surface area contributed by atoms with E-state index in [0.717, 1.165) is 0 Å². The number of nitro groups is 1. The Bertz CT molecular complexity index is 1280. The van der Waals surface area contributed by atoms with Crippen LogP contribution in [-0.2, 0) is 32.1 Å². The lowest BCUT2D eigenvalue weighted by molar-refractivity contribution is -0.384. The summed E-state index contributed by atoms with van der Waals surface area (Å²) in [5.41, 5.74) is 1.49. The molecule has 3 aromatic rings. The van der Waals surface area contributed by atoms with E-state index in [1.165, 1.54) is 40.3 Å². The number of aliphatic carboxylic acids is 1. The Kier molecular flexibility index (Phi) is 7.03. The molecule has 1 fully saturated rings. The normalized spacial score (nSPS) is 19.3. The van der Waals surface area contributed by atoms with E-state index >= 15 is 0 Å². The van der Waals surface area contributed by atoms with Gasteiger partial charge < -0.3 is 20.5 Å². The molecule has 1 aliphatic heterocycles. The maximum Gasteiger partial charge on any atom is 0.339 e. The molecule has 15 heteroatoms. The second-order valence-electron chi connectivity index (χ2n) is 7.94. The number of nitro benzene ring substituents is 1. The number of carboxylic acids is 1. The molecule has 4 rings (SSSR count). The van der Waals surface area contributed by atoms with Gasteiger partial charge in [0.15, 0.2) is 6.10 Å². The fraction of sp³-hybridized carbons (Fsp3) is 0.333. The van der Waals surface area contributed by atoms with Gasteiger partial charge in [-0.15, -0.1) is 16.4 Å². The number of non-ortho nitro benzene ring substituents is 1. The number of carbonyl (C=O) groups is 3.